The molecule has 9 heteroatoms. The summed E-state index contributed by atoms with van der Waals surface area (Å²) >= 11 is 1.26. The van der Waals surface area contributed by atoms with Crippen molar-refractivity contribution in [3.05, 3.63) is 53.2 Å². The van der Waals surface area contributed by atoms with E-state index in [9.17, 15) is 13.2 Å². The van der Waals surface area contributed by atoms with Crippen molar-refractivity contribution >= 4 is 33.2 Å². The molecule has 1 aromatic carbocycles. The molecule has 0 N–H and O–H groups in total. The molecule has 33 heavy (non-hydrogen) atoms. The summed E-state index contributed by atoms with van der Waals surface area (Å²) in [4.78, 5) is 13.3. The maximum Gasteiger partial charge on any atom is 0.244 e. The average Bonchev–Trinajstić information content (AvgIpc) is 3.19. The fourth-order valence-electron chi connectivity index (χ4n) is 3.69. The predicted molar refractivity (Wildman–Crippen MR) is 133 cm³/mol. The Hall–Kier alpha value is -2.23. The molecule has 0 radical (unpaired) electrons. The van der Waals surface area contributed by atoms with Gasteiger partial charge in [0.05, 0.1) is 10.6 Å². The van der Waals surface area contributed by atoms with Crippen molar-refractivity contribution in [1.82, 2.24) is 18.9 Å². The van der Waals surface area contributed by atoms with Crippen LogP contribution in [0.4, 0.5) is 0 Å². The maximum atomic E-state index is 13.1. The van der Waals surface area contributed by atoms with Crippen LogP contribution in [0.1, 0.15) is 74.9 Å². The molecule has 0 saturated carbocycles. The minimum Gasteiger partial charge on any atom is -0.293 e. The molecule has 0 atom stereocenters. The topological polar surface area (TPSA) is 84.6 Å². The molecular formula is C24H32N4O3S2. The third kappa shape index (κ3) is 5.31. The molecule has 0 aliphatic heterocycles. The third-order valence-corrected chi connectivity index (χ3v) is 8.66. The number of sulfonamides is 1. The number of Topliss-reactive ketones (excluding diaryl/α,β-unsaturated/α-hetero) is 1. The number of hydrogen-bond donors (Lipinski definition) is 0. The highest BCUT2D eigenvalue weighted by molar-refractivity contribution is 7.99. The highest BCUT2D eigenvalue weighted by Crippen LogP contribution is 2.27. The van der Waals surface area contributed by atoms with Gasteiger partial charge < -0.3 is 0 Å². The number of aromatic nitrogens is 3. The Kier molecular flexibility index (Phi) is 7.97. The molecule has 0 bridgehead atoms. The van der Waals surface area contributed by atoms with Crippen molar-refractivity contribution < 1.29 is 13.2 Å². The normalized spacial score (nSPS) is 12.4. The Bertz CT molecular complexity index is 1250. The van der Waals surface area contributed by atoms with Gasteiger partial charge in [0.25, 0.3) is 0 Å². The minimum absolute atomic E-state index is 0.0164. The molecular weight excluding hydrogens is 456 g/mol. The Morgan fingerprint density at radius 2 is 1.73 bits per heavy atom. The number of hydrogen-bond acceptors (Lipinski definition) is 6. The van der Waals surface area contributed by atoms with Gasteiger partial charge in [-0.3, -0.25) is 9.20 Å². The second-order valence-corrected chi connectivity index (χ2v) is 11.4. The summed E-state index contributed by atoms with van der Waals surface area (Å²) in [5.74, 6) is 0.830. The van der Waals surface area contributed by atoms with E-state index in [4.69, 9.17) is 0 Å². The summed E-state index contributed by atoms with van der Waals surface area (Å²) in [5.41, 5.74) is 3.52. The Morgan fingerprint density at radius 1 is 1.03 bits per heavy atom. The molecule has 0 spiro atoms. The molecule has 0 fully saturated rings. The summed E-state index contributed by atoms with van der Waals surface area (Å²) in [6, 6.07) is 9.25. The van der Waals surface area contributed by atoms with Crippen molar-refractivity contribution in [1.29, 1.82) is 0 Å². The van der Waals surface area contributed by atoms with Gasteiger partial charge in [-0.15, -0.1) is 10.2 Å². The van der Waals surface area contributed by atoms with Crippen LogP contribution in [0.15, 0.2) is 46.6 Å². The molecule has 0 saturated heterocycles. The van der Waals surface area contributed by atoms with Crippen molar-refractivity contribution in [2.45, 2.75) is 63.4 Å². The van der Waals surface area contributed by atoms with Crippen LogP contribution < -0.4 is 0 Å². The van der Waals surface area contributed by atoms with E-state index in [0.29, 0.717) is 29.8 Å². The van der Waals surface area contributed by atoms with Gasteiger partial charge in [0.15, 0.2) is 16.6 Å². The molecule has 7 nitrogen and oxygen atoms in total. The molecule has 3 rings (SSSR count). The van der Waals surface area contributed by atoms with Gasteiger partial charge in [-0.05, 0) is 35.1 Å². The molecule has 0 unspecified atom stereocenters. The third-order valence-electron chi connectivity index (χ3n) is 5.68. The van der Waals surface area contributed by atoms with Crippen LogP contribution in [-0.4, -0.2) is 51.9 Å². The Labute approximate surface area is 200 Å². The molecule has 178 valence electrons. The van der Waals surface area contributed by atoms with Gasteiger partial charge >= 0.3 is 0 Å². The van der Waals surface area contributed by atoms with Crippen LogP contribution in [0.2, 0.25) is 0 Å². The number of benzene rings is 1. The SMILES string of the molecule is CCN(CC)S(=O)(=O)c1ccc2nnc(SCC(=O)c3ccc(C(C)C)cc3C(C)C)n2c1. The van der Waals surface area contributed by atoms with Crippen LogP contribution in [0.3, 0.4) is 0 Å². The molecule has 0 aliphatic rings. The summed E-state index contributed by atoms with van der Waals surface area (Å²) in [6.45, 7) is 12.9. The first-order chi connectivity index (χ1) is 15.6. The first-order valence-electron chi connectivity index (χ1n) is 11.2. The molecule has 2 heterocycles. The number of ketones is 1. The fraction of sp³-hybridized carbons (Fsp3) is 0.458. The second kappa shape index (κ2) is 10.4. The zero-order chi connectivity index (χ0) is 24.3. The average molecular weight is 489 g/mol. The number of thioether (sulfide) groups is 1. The lowest BCUT2D eigenvalue weighted by atomic mass is 9.90. The zero-order valence-electron chi connectivity index (χ0n) is 20.1. The fourth-order valence-corrected chi connectivity index (χ4v) is 5.95. The lowest BCUT2D eigenvalue weighted by molar-refractivity contribution is 0.102. The number of nitrogens with zero attached hydrogens (tertiary/aromatic N) is 4. The Balaban J connectivity index is 1.87. The number of carbonyl (C=O) groups excluding carboxylic acids is 1. The molecule has 0 amide bonds. The van der Waals surface area contributed by atoms with E-state index in [-0.39, 0.29) is 22.3 Å². The number of carbonyl (C=O) groups is 1. The van der Waals surface area contributed by atoms with Gasteiger partial charge in [0.1, 0.15) is 0 Å². The van der Waals surface area contributed by atoms with E-state index in [0.717, 1.165) is 11.1 Å². The van der Waals surface area contributed by atoms with Crippen LogP contribution >= 0.6 is 11.8 Å². The monoisotopic (exact) mass is 488 g/mol. The summed E-state index contributed by atoms with van der Waals surface area (Å²) < 4.78 is 28.9. The zero-order valence-corrected chi connectivity index (χ0v) is 21.7. The smallest absolute Gasteiger partial charge is 0.244 e. The van der Waals surface area contributed by atoms with Gasteiger partial charge in [-0.25, -0.2) is 8.42 Å². The van der Waals surface area contributed by atoms with Crippen LogP contribution in [0.5, 0.6) is 0 Å². The van der Waals surface area contributed by atoms with E-state index in [1.54, 1.807) is 16.5 Å². The van der Waals surface area contributed by atoms with Gasteiger partial charge in [0.2, 0.25) is 10.0 Å². The van der Waals surface area contributed by atoms with E-state index >= 15 is 0 Å². The quantitative estimate of drug-likeness (QED) is 0.296. The van der Waals surface area contributed by atoms with Crippen molar-refractivity contribution in [2.75, 3.05) is 18.8 Å². The lowest BCUT2D eigenvalue weighted by Gasteiger charge is -2.18. The lowest BCUT2D eigenvalue weighted by Crippen LogP contribution is -2.30. The van der Waals surface area contributed by atoms with Crippen LogP contribution in [0, 0.1) is 0 Å². The minimum atomic E-state index is -3.61. The van der Waals surface area contributed by atoms with Crippen molar-refractivity contribution in [3.63, 3.8) is 0 Å². The molecule has 0 aliphatic carbocycles. The summed E-state index contributed by atoms with van der Waals surface area (Å²) in [6.07, 6.45) is 1.53. The first kappa shape index (κ1) is 25.4. The Morgan fingerprint density at radius 3 is 2.33 bits per heavy atom. The van der Waals surface area contributed by atoms with E-state index in [1.807, 2.05) is 26.0 Å². The highest BCUT2D eigenvalue weighted by Gasteiger charge is 2.23. The summed E-state index contributed by atoms with van der Waals surface area (Å²) in [5, 5.41) is 8.79. The van der Waals surface area contributed by atoms with E-state index in [2.05, 4.69) is 44.0 Å². The number of rotatable bonds is 10. The van der Waals surface area contributed by atoms with Crippen LogP contribution in [0.25, 0.3) is 5.65 Å². The molecule has 2 aromatic heterocycles. The predicted octanol–water partition coefficient (Wildman–Crippen LogP) is 4.98. The van der Waals surface area contributed by atoms with Gasteiger partial charge in [-0.2, -0.15) is 4.31 Å². The second-order valence-electron chi connectivity index (χ2n) is 8.53. The standard InChI is InChI=1S/C24H32N4O3S2/c1-7-27(8-2)33(30,31)19-10-12-23-25-26-24(28(23)14-19)32-15-22(29)20-11-9-18(16(3)4)13-21(20)17(5)6/h9-14,16-17H,7-8,15H2,1-6H3. The number of fused-ring (bicyclic) bond motifs is 1. The highest BCUT2D eigenvalue weighted by atomic mass is 32.2. The van der Waals surface area contributed by atoms with E-state index in [1.165, 1.54) is 27.8 Å². The van der Waals surface area contributed by atoms with Gasteiger partial charge in [-0.1, -0.05) is 71.5 Å². The van der Waals surface area contributed by atoms with Crippen molar-refractivity contribution in [2.24, 2.45) is 0 Å². The van der Waals surface area contributed by atoms with E-state index < -0.39 is 10.0 Å². The largest absolute Gasteiger partial charge is 0.293 e. The van der Waals surface area contributed by atoms with Crippen LogP contribution in [-0.2, 0) is 10.0 Å². The molecule has 3 aromatic rings. The van der Waals surface area contributed by atoms with Gasteiger partial charge in [0, 0.05) is 24.8 Å². The van der Waals surface area contributed by atoms with Crippen molar-refractivity contribution in [3.8, 4) is 0 Å². The summed E-state index contributed by atoms with van der Waals surface area (Å²) in [7, 11) is -3.61. The maximum absolute atomic E-state index is 13.1. The number of pyridine rings is 1. The first-order valence-corrected chi connectivity index (χ1v) is 13.7.